The van der Waals surface area contributed by atoms with Crippen molar-refractivity contribution in [2.75, 3.05) is 18.0 Å². The molecule has 1 saturated heterocycles. The normalized spacial score (nSPS) is 21.4. The predicted octanol–water partition coefficient (Wildman–Crippen LogP) is 3.11. The molecule has 0 bridgehead atoms. The summed E-state index contributed by atoms with van der Waals surface area (Å²) in [7, 11) is 0. The second-order valence-electron chi connectivity index (χ2n) is 7.26. The number of ether oxygens (including phenoxy) is 1. The number of rotatable bonds is 3. The first-order chi connectivity index (χ1) is 10.8. The van der Waals surface area contributed by atoms with E-state index in [1.165, 1.54) is 0 Å². The number of carbonyl (C=O) groups excluding carboxylic acids is 1. The van der Waals surface area contributed by atoms with Gasteiger partial charge in [0.1, 0.15) is 22.4 Å². The van der Waals surface area contributed by atoms with E-state index in [4.69, 9.17) is 16.3 Å². The van der Waals surface area contributed by atoms with Gasteiger partial charge >= 0.3 is 6.09 Å². The first-order valence-electron chi connectivity index (χ1n) is 8.09. The summed E-state index contributed by atoms with van der Waals surface area (Å²) >= 11 is 6.13. The van der Waals surface area contributed by atoms with Gasteiger partial charge in [-0.3, -0.25) is 0 Å². The summed E-state index contributed by atoms with van der Waals surface area (Å²) in [5.41, 5.74) is -0.484. The van der Waals surface area contributed by atoms with Crippen LogP contribution in [0.25, 0.3) is 0 Å². The zero-order valence-electron chi connectivity index (χ0n) is 13.8. The van der Waals surface area contributed by atoms with E-state index < -0.39 is 5.60 Å². The first-order valence-corrected chi connectivity index (χ1v) is 8.47. The van der Waals surface area contributed by atoms with E-state index in [-0.39, 0.29) is 12.1 Å². The molecule has 2 fully saturated rings. The maximum atomic E-state index is 11.9. The van der Waals surface area contributed by atoms with Crippen LogP contribution in [0.2, 0.25) is 5.15 Å². The van der Waals surface area contributed by atoms with Gasteiger partial charge in [-0.15, -0.1) is 0 Å². The van der Waals surface area contributed by atoms with Gasteiger partial charge in [0, 0.05) is 25.1 Å². The van der Waals surface area contributed by atoms with Crippen LogP contribution >= 0.6 is 11.6 Å². The number of hydrogen-bond donors (Lipinski definition) is 1. The lowest BCUT2D eigenvalue weighted by molar-refractivity contribution is 0.0509. The Morgan fingerprint density at radius 1 is 1.35 bits per heavy atom. The molecule has 0 unspecified atom stereocenters. The van der Waals surface area contributed by atoms with Crippen LogP contribution in [0.15, 0.2) is 6.07 Å². The molecule has 2 heterocycles. The molecule has 1 aliphatic carbocycles. The zero-order valence-corrected chi connectivity index (χ0v) is 14.6. The second-order valence-corrected chi connectivity index (χ2v) is 7.65. The Kier molecular flexibility index (Phi) is 4.36. The van der Waals surface area contributed by atoms with Crippen LogP contribution in [-0.2, 0) is 4.74 Å². The Hall–Kier alpha value is -1.56. The zero-order chi connectivity index (χ0) is 16.6. The molecule has 1 saturated carbocycles. The molecule has 23 heavy (non-hydrogen) atoms. The van der Waals surface area contributed by atoms with Gasteiger partial charge in [0.15, 0.2) is 0 Å². The van der Waals surface area contributed by atoms with Crippen molar-refractivity contribution in [3.63, 3.8) is 0 Å². The van der Waals surface area contributed by atoms with Crippen molar-refractivity contribution in [3.8, 4) is 0 Å². The van der Waals surface area contributed by atoms with Gasteiger partial charge in [0.2, 0.25) is 0 Å². The minimum atomic E-state index is -0.484. The second kappa shape index (κ2) is 6.15. The maximum absolute atomic E-state index is 11.9. The van der Waals surface area contributed by atoms with E-state index in [0.717, 1.165) is 37.4 Å². The Balaban J connectivity index is 1.60. The van der Waals surface area contributed by atoms with Crippen molar-refractivity contribution < 1.29 is 9.53 Å². The van der Waals surface area contributed by atoms with E-state index in [2.05, 4.69) is 20.2 Å². The minimum Gasteiger partial charge on any atom is -0.444 e. The third-order valence-corrected chi connectivity index (χ3v) is 4.07. The largest absolute Gasteiger partial charge is 0.444 e. The van der Waals surface area contributed by atoms with E-state index >= 15 is 0 Å². The lowest BCUT2D eigenvalue weighted by Gasteiger charge is -2.22. The molecule has 7 heteroatoms. The van der Waals surface area contributed by atoms with Gasteiger partial charge in [0.25, 0.3) is 0 Å². The predicted molar refractivity (Wildman–Crippen MR) is 89.0 cm³/mol. The topological polar surface area (TPSA) is 67.3 Å². The average Bonchev–Trinajstić information content (AvgIpc) is 3.17. The van der Waals surface area contributed by atoms with Gasteiger partial charge in [0.05, 0.1) is 6.04 Å². The standard InChI is InChI=1S/C16H23ClN4O2/c1-16(2,3)23-15(22)18-11-6-7-21(9-11)13-8-12(17)19-14(20-13)10-4-5-10/h8,10-11H,4-7,9H2,1-3H3,(H,18,22)/t11-/m0/s1. The number of halogens is 1. The molecule has 2 aliphatic rings. The maximum Gasteiger partial charge on any atom is 0.407 e. The van der Waals surface area contributed by atoms with Crippen molar-refractivity contribution in [3.05, 3.63) is 17.0 Å². The number of carbonyl (C=O) groups is 1. The molecule has 126 valence electrons. The lowest BCUT2D eigenvalue weighted by Crippen LogP contribution is -2.40. The van der Waals surface area contributed by atoms with E-state index in [0.29, 0.717) is 17.6 Å². The van der Waals surface area contributed by atoms with Crippen LogP contribution in [0.3, 0.4) is 0 Å². The molecule has 0 radical (unpaired) electrons. The van der Waals surface area contributed by atoms with E-state index in [1.807, 2.05) is 20.8 Å². The fraction of sp³-hybridized carbons (Fsp3) is 0.688. The number of hydrogen-bond acceptors (Lipinski definition) is 5. The van der Waals surface area contributed by atoms with Gasteiger partial charge in [-0.1, -0.05) is 11.6 Å². The summed E-state index contributed by atoms with van der Waals surface area (Å²) in [6.45, 7) is 7.11. The van der Waals surface area contributed by atoms with Crippen molar-refractivity contribution in [2.45, 2.75) is 57.6 Å². The van der Waals surface area contributed by atoms with E-state index in [1.54, 1.807) is 6.07 Å². The highest BCUT2D eigenvalue weighted by Gasteiger charge is 2.30. The van der Waals surface area contributed by atoms with Crippen molar-refractivity contribution in [1.29, 1.82) is 0 Å². The summed E-state index contributed by atoms with van der Waals surface area (Å²) in [5.74, 6) is 2.15. The molecular formula is C16H23ClN4O2. The minimum absolute atomic E-state index is 0.0583. The van der Waals surface area contributed by atoms with Crippen LogP contribution in [0.4, 0.5) is 10.6 Å². The molecule has 1 aliphatic heterocycles. The smallest absolute Gasteiger partial charge is 0.407 e. The lowest BCUT2D eigenvalue weighted by atomic mass is 10.2. The third-order valence-electron chi connectivity index (χ3n) is 3.87. The molecule has 1 aromatic heterocycles. The number of nitrogens with zero attached hydrogens (tertiary/aromatic N) is 3. The van der Waals surface area contributed by atoms with Crippen molar-refractivity contribution in [2.24, 2.45) is 0 Å². The molecule has 1 amide bonds. The van der Waals surface area contributed by atoms with Crippen molar-refractivity contribution in [1.82, 2.24) is 15.3 Å². The molecule has 1 aromatic rings. The summed E-state index contributed by atoms with van der Waals surface area (Å²) < 4.78 is 5.30. The summed E-state index contributed by atoms with van der Waals surface area (Å²) in [6, 6.07) is 1.85. The summed E-state index contributed by atoms with van der Waals surface area (Å²) in [4.78, 5) is 23.0. The number of amides is 1. The fourth-order valence-corrected chi connectivity index (χ4v) is 2.85. The molecular weight excluding hydrogens is 316 g/mol. The number of alkyl carbamates (subject to hydrolysis) is 1. The molecule has 0 spiro atoms. The van der Waals surface area contributed by atoms with Gasteiger partial charge < -0.3 is 15.0 Å². The SMILES string of the molecule is CC(C)(C)OC(=O)N[C@H]1CCN(c2cc(Cl)nc(C3CC3)n2)C1. The van der Waals surface area contributed by atoms with Gasteiger partial charge in [-0.05, 0) is 40.0 Å². The molecule has 3 rings (SSSR count). The Morgan fingerprint density at radius 2 is 2.09 bits per heavy atom. The highest BCUT2D eigenvalue weighted by molar-refractivity contribution is 6.29. The Labute approximate surface area is 141 Å². The number of anilines is 1. The Morgan fingerprint density at radius 3 is 2.74 bits per heavy atom. The fourth-order valence-electron chi connectivity index (χ4n) is 2.67. The number of aromatic nitrogens is 2. The molecule has 6 nitrogen and oxygen atoms in total. The van der Waals surface area contributed by atoms with Crippen LogP contribution in [-0.4, -0.2) is 40.8 Å². The first kappa shape index (κ1) is 16.3. The molecule has 1 N–H and O–H groups in total. The highest BCUT2D eigenvalue weighted by Crippen LogP contribution is 2.39. The average molecular weight is 339 g/mol. The third kappa shape index (κ3) is 4.47. The van der Waals surface area contributed by atoms with Gasteiger partial charge in [-0.2, -0.15) is 0 Å². The number of nitrogens with one attached hydrogen (secondary N) is 1. The Bertz CT molecular complexity index is 598. The van der Waals surface area contributed by atoms with Crippen LogP contribution in [0, 0.1) is 0 Å². The van der Waals surface area contributed by atoms with Gasteiger partial charge in [-0.25, -0.2) is 14.8 Å². The summed E-state index contributed by atoms with van der Waals surface area (Å²) in [6.07, 6.45) is 2.77. The van der Waals surface area contributed by atoms with Crippen LogP contribution in [0.1, 0.15) is 51.8 Å². The quantitative estimate of drug-likeness (QED) is 0.858. The summed E-state index contributed by atoms with van der Waals surface area (Å²) in [5, 5.41) is 3.41. The molecule has 1 atom stereocenters. The van der Waals surface area contributed by atoms with Crippen LogP contribution < -0.4 is 10.2 Å². The molecule has 0 aromatic carbocycles. The highest BCUT2D eigenvalue weighted by atomic mass is 35.5. The monoisotopic (exact) mass is 338 g/mol. The van der Waals surface area contributed by atoms with Crippen molar-refractivity contribution >= 4 is 23.5 Å². The van der Waals surface area contributed by atoms with E-state index in [9.17, 15) is 4.79 Å². The van der Waals surface area contributed by atoms with Crippen LogP contribution in [0.5, 0.6) is 0 Å².